The van der Waals surface area contributed by atoms with Gasteiger partial charge in [0.1, 0.15) is 10.3 Å². The minimum absolute atomic E-state index is 0.178. The Bertz CT molecular complexity index is 335. The first-order valence-electron chi connectivity index (χ1n) is 3.96. The van der Waals surface area contributed by atoms with Crippen LogP contribution in [0.5, 0.6) is 0 Å². The highest BCUT2D eigenvalue weighted by Crippen LogP contribution is 2.21. The Morgan fingerprint density at radius 1 is 1.33 bits per heavy atom. The van der Waals surface area contributed by atoms with Crippen LogP contribution in [-0.4, -0.2) is 10.8 Å². The second-order valence-electron chi connectivity index (χ2n) is 2.92. The van der Waals surface area contributed by atoms with Crippen LogP contribution in [-0.2, 0) is 6.42 Å². The van der Waals surface area contributed by atoms with Gasteiger partial charge in [-0.25, -0.2) is 4.98 Å². The van der Waals surface area contributed by atoms with E-state index in [9.17, 15) is 4.79 Å². The molecule has 0 fully saturated rings. The SMILES string of the molecule is O=C1CCCc2ccc(Br)nc21. The summed E-state index contributed by atoms with van der Waals surface area (Å²) in [5.74, 6) is 0.178. The number of rotatable bonds is 0. The van der Waals surface area contributed by atoms with Crippen molar-refractivity contribution in [3.8, 4) is 0 Å². The van der Waals surface area contributed by atoms with Crippen molar-refractivity contribution in [1.82, 2.24) is 4.98 Å². The molecule has 2 nitrogen and oxygen atoms in total. The molecule has 1 aromatic heterocycles. The van der Waals surface area contributed by atoms with Gasteiger partial charge in [0.25, 0.3) is 0 Å². The number of ketones is 1. The van der Waals surface area contributed by atoms with Crippen molar-refractivity contribution in [2.45, 2.75) is 19.3 Å². The second-order valence-corrected chi connectivity index (χ2v) is 3.73. The Hall–Kier alpha value is -0.700. The van der Waals surface area contributed by atoms with E-state index in [0.717, 1.165) is 23.0 Å². The van der Waals surface area contributed by atoms with Crippen molar-refractivity contribution in [2.75, 3.05) is 0 Å². The first-order chi connectivity index (χ1) is 5.77. The highest BCUT2D eigenvalue weighted by atomic mass is 79.9. The lowest BCUT2D eigenvalue weighted by molar-refractivity contribution is 0.0967. The van der Waals surface area contributed by atoms with E-state index in [1.165, 1.54) is 0 Å². The summed E-state index contributed by atoms with van der Waals surface area (Å²) in [6, 6.07) is 3.86. The Balaban J connectivity index is 2.54. The summed E-state index contributed by atoms with van der Waals surface area (Å²) in [5.41, 5.74) is 1.75. The number of carbonyl (C=O) groups excluding carboxylic acids is 1. The molecule has 0 saturated heterocycles. The molecule has 0 amide bonds. The van der Waals surface area contributed by atoms with Crippen molar-refractivity contribution in [2.24, 2.45) is 0 Å². The number of carbonyl (C=O) groups is 1. The van der Waals surface area contributed by atoms with E-state index in [-0.39, 0.29) is 5.78 Å². The molecule has 1 aliphatic carbocycles. The van der Waals surface area contributed by atoms with Crippen LogP contribution >= 0.6 is 15.9 Å². The van der Waals surface area contributed by atoms with Gasteiger partial charge in [-0.05, 0) is 40.4 Å². The molecule has 0 saturated carbocycles. The van der Waals surface area contributed by atoms with E-state index >= 15 is 0 Å². The average molecular weight is 226 g/mol. The van der Waals surface area contributed by atoms with Crippen LogP contribution in [0.15, 0.2) is 16.7 Å². The van der Waals surface area contributed by atoms with Gasteiger partial charge in [0.15, 0.2) is 5.78 Å². The van der Waals surface area contributed by atoms with Crippen LogP contribution < -0.4 is 0 Å². The van der Waals surface area contributed by atoms with Crippen molar-refractivity contribution >= 4 is 21.7 Å². The van der Waals surface area contributed by atoms with Crippen LogP contribution in [0.1, 0.15) is 28.9 Å². The van der Waals surface area contributed by atoms with Gasteiger partial charge in [0.05, 0.1) is 0 Å². The van der Waals surface area contributed by atoms with Crippen LogP contribution in [0.4, 0.5) is 0 Å². The van der Waals surface area contributed by atoms with Gasteiger partial charge >= 0.3 is 0 Å². The molecule has 1 aromatic rings. The fraction of sp³-hybridized carbons (Fsp3) is 0.333. The zero-order chi connectivity index (χ0) is 8.55. The van der Waals surface area contributed by atoms with Gasteiger partial charge in [-0.15, -0.1) is 0 Å². The van der Waals surface area contributed by atoms with Gasteiger partial charge < -0.3 is 0 Å². The predicted octanol–water partition coefficient (Wildman–Crippen LogP) is 2.36. The molecule has 0 spiro atoms. The number of nitrogens with zero attached hydrogens (tertiary/aromatic N) is 1. The van der Waals surface area contributed by atoms with Crippen LogP contribution in [0.25, 0.3) is 0 Å². The summed E-state index contributed by atoms with van der Waals surface area (Å²) >= 11 is 3.25. The third-order valence-corrected chi connectivity index (χ3v) is 2.50. The third kappa shape index (κ3) is 1.29. The minimum Gasteiger partial charge on any atom is -0.292 e. The van der Waals surface area contributed by atoms with E-state index in [1.54, 1.807) is 0 Å². The third-order valence-electron chi connectivity index (χ3n) is 2.06. The molecule has 0 bridgehead atoms. The maximum absolute atomic E-state index is 11.4. The first-order valence-corrected chi connectivity index (χ1v) is 4.75. The van der Waals surface area contributed by atoms with Crippen LogP contribution in [0.3, 0.4) is 0 Å². The zero-order valence-corrected chi connectivity index (χ0v) is 8.10. The van der Waals surface area contributed by atoms with Gasteiger partial charge in [-0.3, -0.25) is 4.79 Å². The molecule has 0 aliphatic heterocycles. The molecule has 12 heavy (non-hydrogen) atoms. The molecule has 0 aromatic carbocycles. The summed E-state index contributed by atoms with van der Waals surface area (Å²) in [4.78, 5) is 15.5. The fourth-order valence-corrected chi connectivity index (χ4v) is 1.77. The topological polar surface area (TPSA) is 30.0 Å². The molecular weight excluding hydrogens is 218 g/mol. The fourth-order valence-electron chi connectivity index (χ4n) is 1.47. The maximum Gasteiger partial charge on any atom is 0.181 e. The van der Waals surface area contributed by atoms with Crippen molar-refractivity contribution in [3.63, 3.8) is 0 Å². The predicted molar refractivity (Wildman–Crippen MR) is 49.2 cm³/mol. The lowest BCUT2D eigenvalue weighted by Crippen LogP contribution is -2.12. The molecule has 0 atom stereocenters. The number of fused-ring (bicyclic) bond motifs is 1. The lowest BCUT2D eigenvalue weighted by Gasteiger charge is -2.12. The Morgan fingerprint density at radius 3 is 3.00 bits per heavy atom. The number of halogens is 1. The summed E-state index contributed by atoms with van der Waals surface area (Å²) in [6.07, 6.45) is 2.60. The molecule has 0 radical (unpaired) electrons. The number of aromatic nitrogens is 1. The Labute approximate surface area is 79.1 Å². The number of hydrogen-bond donors (Lipinski definition) is 0. The molecule has 0 N–H and O–H groups in total. The molecule has 2 rings (SSSR count). The standard InChI is InChI=1S/C9H8BrNO/c10-8-5-4-6-2-1-3-7(12)9(6)11-8/h4-5H,1-3H2. The maximum atomic E-state index is 11.4. The van der Waals surface area contributed by atoms with Gasteiger partial charge in [0.2, 0.25) is 0 Å². The summed E-state index contributed by atoms with van der Waals surface area (Å²) in [5, 5.41) is 0. The van der Waals surface area contributed by atoms with Crippen molar-refractivity contribution < 1.29 is 4.79 Å². The van der Waals surface area contributed by atoms with Crippen LogP contribution in [0.2, 0.25) is 0 Å². The molecule has 1 aliphatic rings. The smallest absolute Gasteiger partial charge is 0.181 e. The Kier molecular flexibility index (Phi) is 1.97. The monoisotopic (exact) mass is 225 g/mol. The highest BCUT2D eigenvalue weighted by molar-refractivity contribution is 9.10. The second kappa shape index (κ2) is 2.98. The van der Waals surface area contributed by atoms with Gasteiger partial charge in [0, 0.05) is 6.42 Å². The highest BCUT2D eigenvalue weighted by Gasteiger charge is 2.18. The van der Waals surface area contributed by atoms with Crippen molar-refractivity contribution in [3.05, 3.63) is 28.0 Å². The molecular formula is C9H8BrNO. The number of Topliss-reactive ketones (excluding diaryl/α,β-unsaturated/α-hetero) is 1. The van der Waals surface area contributed by atoms with E-state index in [4.69, 9.17) is 0 Å². The summed E-state index contributed by atoms with van der Waals surface area (Å²) in [7, 11) is 0. The normalized spacial score (nSPS) is 15.9. The molecule has 62 valence electrons. The first kappa shape index (κ1) is 7.92. The molecule has 0 unspecified atom stereocenters. The largest absolute Gasteiger partial charge is 0.292 e. The summed E-state index contributed by atoms with van der Waals surface area (Å²) in [6.45, 7) is 0. The van der Waals surface area contributed by atoms with E-state index < -0.39 is 0 Å². The van der Waals surface area contributed by atoms with Gasteiger partial charge in [-0.1, -0.05) is 6.07 Å². The quantitative estimate of drug-likeness (QED) is 0.635. The zero-order valence-electron chi connectivity index (χ0n) is 6.51. The number of aryl methyl sites for hydroxylation is 1. The molecule has 3 heteroatoms. The lowest BCUT2D eigenvalue weighted by atomic mass is 9.95. The number of hydrogen-bond acceptors (Lipinski definition) is 2. The van der Waals surface area contributed by atoms with E-state index in [0.29, 0.717) is 12.1 Å². The number of pyridine rings is 1. The minimum atomic E-state index is 0.178. The van der Waals surface area contributed by atoms with Crippen LogP contribution in [0, 0.1) is 0 Å². The summed E-state index contributed by atoms with van der Waals surface area (Å²) < 4.78 is 0.747. The molecule has 1 heterocycles. The van der Waals surface area contributed by atoms with E-state index in [2.05, 4.69) is 20.9 Å². The van der Waals surface area contributed by atoms with E-state index in [1.807, 2.05) is 12.1 Å². The van der Waals surface area contributed by atoms with Crippen molar-refractivity contribution in [1.29, 1.82) is 0 Å². The Morgan fingerprint density at radius 2 is 2.17 bits per heavy atom. The van der Waals surface area contributed by atoms with Gasteiger partial charge in [-0.2, -0.15) is 0 Å². The average Bonchev–Trinajstić information content (AvgIpc) is 2.07.